The lowest BCUT2D eigenvalue weighted by molar-refractivity contribution is -0.0352. The summed E-state index contributed by atoms with van der Waals surface area (Å²) in [5, 5.41) is 0. The normalized spacial score (nSPS) is 18.2. The first kappa shape index (κ1) is 15.8. The average molecular weight is 333 g/mol. The van der Waals surface area contributed by atoms with Crippen molar-refractivity contribution in [3.63, 3.8) is 0 Å². The second-order valence-corrected chi connectivity index (χ2v) is 6.01. The van der Waals surface area contributed by atoms with Gasteiger partial charge in [0.2, 0.25) is 0 Å². The molecule has 0 amide bonds. The minimum Gasteiger partial charge on any atom is -0.369 e. The van der Waals surface area contributed by atoms with Gasteiger partial charge < -0.3 is 4.74 Å². The van der Waals surface area contributed by atoms with Gasteiger partial charge in [-0.3, -0.25) is 14.9 Å². The number of benzene rings is 1. The Kier molecular flexibility index (Phi) is 4.72. The van der Waals surface area contributed by atoms with Gasteiger partial charge in [0, 0.05) is 55.5 Å². The molecule has 1 aliphatic heterocycles. The summed E-state index contributed by atoms with van der Waals surface area (Å²) in [5.74, 6) is 0.753. The largest absolute Gasteiger partial charge is 0.369 e. The number of hydrogen-bond acceptors (Lipinski definition) is 6. The van der Waals surface area contributed by atoms with Crippen LogP contribution in [0.4, 0.5) is 0 Å². The minimum absolute atomic E-state index is 0.0352. The molecule has 1 aromatic carbocycles. The summed E-state index contributed by atoms with van der Waals surface area (Å²) in [6.45, 7) is 3.16. The molecule has 2 aromatic heterocycles. The Labute approximate surface area is 146 Å². The Hall–Kier alpha value is -2.70. The van der Waals surface area contributed by atoms with Crippen LogP contribution < -0.4 is 0 Å². The highest BCUT2D eigenvalue weighted by Gasteiger charge is 2.23. The van der Waals surface area contributed by atoms with Crippen LogP contribution in [0.1, 0.15) is 17.4 Å². The van der Waals surface area contributed by atoms with Crippen LogP contribution in [-0.2, 0) is 11.3 Å². The van der Waals surface area contributed by atoms with Gasteiger partial charge in [0.1, 0.15) is 6.10 Å². The molecule has 4 rings (SSSR count). The zero-order valence-electron chi connectivity index (χ0n) is 13.8. The van der Waals surface area contributed by atoms with E-state index in [2.05, 4.69) is 24.8 Å². The molecule has 3 aromatic rings. The predicted molar refractivity (Wildman–Crippen MR) is 93.5 cm³/mol. The molecule has 6 nitrogen and oxygen atoms in total. The van der Waals surface area contributed by atoms with E-state index in [4.69, 9.17) is 4.74 Å². The highest BCUT2D eigenvalue weighted by molar-refractivity contribution is 5.53. The van der Waals surface area contributed by atoms with Crippen molar-refractivity contribution in [1.82, 2.24) is 24.8 Å². The fraction of sp³-hybridized carbons (Fsp3) is 0.263. The summed E-state index contributed by atoms with van der Waals surface area (Å²) in [4.78, 5) is 19.8. The van der Waals surface area contributed by atoms with Crippen molar-refractivity contribution in [1.29, 1.82) is 0 Å². The van der Waals surface area contributed by atoms with E-state index in [1.165, 1.54) is 0 Å². The van der Waals surface area contributed by atoms with E-state index in [9.17, 15) is 0 Å². The molecule has 1 aliphatic rings. The van der Waals surface area contributed by atoms with Gasteiger partial charge in [-0.15, -0.1) is 0 Å². The maximum absolute atomic E-state index is 5.83. The third kappa shape index (κ3) is 3.87. The summed E-state index contributed by atoms with van der Waals surface area (Å²) in [6.07, 6.45) is 8.92. The van der Waals surface area contributed by atoms with Crippen LogP contribution in [0, 0.1) is 0 Å². The molecule has 0 aliphatic carbocycles. The van der Waals surface area contributed by atoms with E-state index in [0.717, 1.165) is 42.3 Å². The molecule has 25 heavy (non-hydrogen) atoms. The van der Waals surface area contributed by atoms with E-state index < -0.39 is 0 Å². The fourth-order valence-electron chi connectivity index (χ4n) is 2.93. The zero-order valence-corrected chi connectivity index (χ0v) is 13.8. The zero-order chi connectivity index (χ0) is 16.9. The van der Waals surface area contributed by atoms with E-state index in [1.807, 2.05) is 42.7 Å². The Morgan fingerprint density at radius 1 is 1.00 bits per heavy atom. The highest BCUT2D eigenvalue weighted by Crippen LogP contribution is 2.21. The van der Waals surface area contributed by atoms with E-state index in [1.54, 1.807) is 18.6 Å². The van der Waals surface area contributed by atoms with Gasteiger partial charge in [0.15, 0.2) is 5.82 Å². The number of morpholine rings is 1. The van der Waals surface area contributed by atoms with Crippen LogP contribution in [0.5, 0.6) is 0 Å². The SMILES string of the molecule is c1ccc(-c2ncc(CN3CCOC(c4cnccn4)C3)cn2)cc1. The van der Waals surface area contributed by atoms with Crippen LogP contribution in [0.3, 0.4) is 0 Å². The van der Waals surface area contributed by atoms with Crippen molar-refractivity contribution in [2.45, 2.75) is 12.6 Å². The molecule has 0 saturated carbocycles. The molecule has 1 saturated heterocycles. The van der Waals surface area contributed by atoms with Crippen molar-refractivity contribution < 1.29 is 4.74 Å². The number of nitrogens with zero attached hydrogens (tertiary/aromatic N) is 5. The predicted octanol–water partition coefficient (Wildman–Crippen LogP) is 2.51. The summed E-state index contributed by atoms with van der Waals surface area (Å²) in [7, 11) is 0. The summed E-state index contributed by atoms with van der Waals surface area (Å²) < 4.78 is 5.83. The quantitative estimate of drug-likeness (QED) is 0.731. The van der Waals surface area contributed by atoms with Gasteiger partial charge >= 0.3 is 0 Å². The standard InChI is InChI=1S/C19H19N5O/c1-2-4-16(5-3-1)19-22-10-15(11-23-19)13-24-8-9-25-18(14-24)17-12-20-6-7-21-17/h1-7,10-12,18H,8-9,13-14H2. The van der Waals surface area contributed by atoms with Gasteiger partial charge in [-0.2, -0.15) is 0 Å². The van der Waals surface area contributed by atoms with Crippen LogP contribution in [-0.4, -0.2) is 44.5 Å². The van der Waals surface area contributed by atoms with E-state index in [-0.39, 0.29) is 6.10 Å². The van der Waals surface area contributed by atoms with Gasteiger partial charge in [0.05, 0.1) is 18.5 Å². The molecular formula is C19H19N5O. The first-order chi connectivity index (χ1) is 12.4. The lowest BCUT2D eigenvalue weighted by atomic mass is 10.2. The van der Waals surface area contributed by atoms with Crippen LogP contribution in [0.2, 0.25) is 0 Å². The first-order valence-electron chi connectivity index (χ1n) is 8.35. The summed E-state index contributed by atoms with van der Waals surface area (Å²) >= 11 is 0. The van der Waals surface area contributed by atoms with Crippen LogP contribution >= 0.6 is 0 Å². The second kappa shape index (κ2) is 7.46. The minimum atomic E-state index is -0.0352. The molecule has 0 N–H and O–H groups in total. The smallest absolute Gasteiger partial charge is 0.159 e. The Morgan fingerprint density at radius 2 is 1.84 bits per heavy atom. The molecule has 3 heterocycles. The molecule has 6 heteroatoms. The lowest BCUT2D eigenvalue weighted by Crippen LogP contribution is -2.38. The molecule has 1 fully saturated rings. The summed E-state index contributed by atoms with van der Waals surface area (Å²) in [5.41, 5.74) is 3.01. The van der Waals surface area contributed by atoms with Crippen molar-refractivity contribution in [3.05, 3.63) is 72.6 Å². The van der Waals surface area contributed by atoms with Gasteiger partial charge in [-0.05, 0) is 0 Å². The first-order valence-corrected chi connectivity index (χ1v) is 8.35. The maximum Gasteiger partial charge on any atom is 0.159 e. The van der Waals surface area contributed by atoms with Crippen molar-refractivity contribution >= 4 is 0 Å². The molecule has 1 atom stereocenters. The van der Waals surface area contributed by atoms with Gasteiger partial charge in [-0.1, -0.05) is 30.3 Å². The Morgan fingerprint density at radius 3 is 2.60 bits per heavy atom. The Bertz CT molecular complexity index is 795. The Balaban J connectivity index is 1.42. The fourth-order valence-corrected chi connectivity index (χ4v) is 2.93. The number of aromatic nitrogens is 4. The lowest BCUT2D eigenvalue weighted by Gasteiger charge is -2.32. The number of rotatable bonds is 4. The van der Waals surface area contributed by atoms with Crippen molar-refractivity contribution in [2.24, 2.45) is 0 Å². The molecule has 0 bridgehead atoms. The third-order valence-electron chi connectivity index (χ3n) is 4.21. The van der Waals surface area contributed by atoms with Gasteiger partial charge in [0.25, 0.3) is 0 Å². The van der Waals surface area contributed by atoms with E-state index in [0.29, 0.717) is 6.61 Å². The number of ether oxygens (including phenoxy) is 1. The topological polar surface area (TPSA) is 64.0 Å². The highest BCUT2D eigenvalue weighted by atomic mass is 16.5. The monoisotopic (exact) mass is 333 g/mol. The maximum atomic E-state index is 5.83. The molecule has 0 radical (unpaired) electrons. The molecule has 1 unspecified atom stereocenters. The van der Waals surface area contributed by atoms with Crippen molar-refractivity contribution in [3.8, 4) is 11.4 Å². The molecular weight excluding hydrogens is 314 g/mol. The third-order valence-corrected chi connectivity index (χ3v) is 4.21. The second-order valence-electron chi connectivity index (χ2n) is 6.01. The van der Waals surface area contributed by atoms with Crippen molar-refractivity contribution in [2.75, 3.05) is 19.7 Å². The average Bonchev–Trinajstić information content (AvgIpc) is 2.70. The molecule has 0 spiro atoms. The van der Waals surface area contributed by atoms with E-state index >= 15 is 0 Å². The molecule has 126 valence electrons. The van der Waals surface area contributed by atoms with Crippen LogP contribution in [0.15, 0.2) is 61.3 Å². The summed E-state index contributed by atoms with van der Waals surface area (Å²) in [6, 6.07) is 10.0. The van der Waals surface area contributed by atoms with Crippen LogP contribution in [0.25, 0.3) is 11.4 Å². The number of hydrogen-bond donors (Lipinski definition) is 0. The van der Waals surface area contributed by atoms with Gasteiger partial charge in [-0.25, -0.2) is 9.97 Å².